The zero-order valence-corrected chi connectivity index (χ0v) is 13.0. The largest absolute Gasteiger partial charge is 0.370 e. The number of aromatic nitrogens is 4. The zero-order chi connectivity index (χ0) is 17.8. The molecular weight excluding hydrogens is 320 g/mol. The van der Waals surface area contributed by atoms with Crippen molar-refractivity contribution in [3.8, 4) is 18.0 Å². The summed E-state index contributed by atoms with van der Waals surface area (Å²) in [4.78, 5) is 11.2. The Morgan fingerprint density at radius 3 is 2.84 bits per heavy atom. The Balaban J connectivity index is 2.12. The molecule has 25 heavy (non-hydrogen) atoms. The molecule has 1 N–H and O–H groups in total. The highest BCUT2D eigenvalue weighted by atomic mass is 15.3. The van der Waals surface area contributed by atoms with Crippen LogP contribution in [0.1, 0.15) is 12.5 Å². The van der Waals surface area contributed by atoms with E-state index in [2.05, 4.69) is 30.4 Å². The summed E-state index contributed by atoms with van der Waals surface area (Å²) in [6.45, 7) is 1.67. The lowest BCUT2D eigenvalue weighted by molar-refractivity contribution is 0.862. The second-order valence-corrected chi connectivity index (χ2v) is 5.05. The van der Waals surface area contributed by atoms with E-state index in [1.807, 2.05) is 12.1 Å². The van der Waals surface area contributed by atoms with E-state index in [0.29, 0.717) is 28.1 Å². The molecule has 0 fully saturated rings. The van der Waals surface area contributed by atoms with Crippen LogP contribution >= 0.6 is 0 Å². The Kier molecular flexibility index (Phi) is 4.12. The Hall–Kier alpha value is -4.14. The van der Waals surface area contributed by atoms with E-state index < -0.39 is 6.04 Å². The van der Waals surface area contributed by atoms with Crippen molar-refractivity contribution in [1.29, 1.82) is 10.5 Å². The van der Waals surface area contributed by atoms with Crippen LogP contribution in [0.15, 0.2) is 35.8 Å². The predicted octanol–water partition coefficient (Wildman–Crippen LogP) is 2.95. The molecule has 0 spiro atoms. The first kappa shape index (κ1) is 15.7. The van der Waals surface area contributed by atoms with Crippen LogP contribution in [0, 0.1) is 22.7 Å². The van der Waals surface area contributed by atoms with Gasteiger partial charge < -0.3 is 5.32 Å². The number of hydrogen-bond donors (Lipinski definition) is 1. The molecule has 0 saturated heterocycles. The minimum Gasteiger partial charge on any atom is -0.370 e. The number of azide groups is 1. The molecule has 0 bridgehead atoms. The summed E-state index contributed by atoms with van der Waals surface area (Å²) in [5.74, 6) is 0.428. The van der Waals surface area contributed by atoms with Crippen LogP contribution in [0.3, 0.4) is 0 Å². The minimum absolute atomic E-state index is 0.268. The third kappa shape index (κ3) is 3.01. The van der Waals surface area contributed by atoms with Crippen LogP contribution in [-0.4, -0.2) is 25.8 Å². The fourth-order valence-corrected chi connectivity index (χ4v) is 2.21. The quantitative estimate of drug-likeness (QED) is 0.441. The maximum atomic E-state index is 8.98. The monoisotopic (exact) mass is 330 g/mol. The van der Waals surface area contributed by atoms with Crippen LogP contribution in [0.2, 0.25) is 0 Å². The summed E-state index contributed by atoms with van der Waals surface area (Å²) < 4.78 is 1.50. The van der Waals surface area contributed by atoms with Crippen molar-refractivity contribution < 1.29 is 0 Å². The Morgan fingerprint density at radius 2 is 2.12 bits per heavy atom. The molecule has 0 radical (unpaired) electrons. The molecule has 0 aliphatic carbocycles. The SMILES string of the molecule is CC(C#N)Nc1cc(-n2ncc3cc(C#N)cnc32)ncc1N=[N+]=[N-]. The number of pyridine rings is 2. The van der Waals surface area contributed by atoms with Crippen LogP contribution in [0.25, 0.3) is 27.3 Å². The molecule has 0 saturated carbocycles. The zero-order valence-electron chi connectivity index (χ0n) is 13.0. The van der Waals surface area contributed by atoms with Gasteiger partial charge in [0.2, 0.25) is 0 Å². The molecule has 3 aromatic rings. The van der Waals surface area contributed by atoms with Gasteiger partial charge in [0.1, 0.15) is 12.1 Å². The van der Waals surface area contributed by atoms with E-state index in [1.165, 1.54) is 17.1 Å². The molecule has 120 valence electrons. The van der Waals surface area contributed by atoms with Crippen LogP contribution in [-0.2, 0) is 0 Å². The van der Waals surface area contributed by atoms with Crippen LogP contribution in [0.4, 0.5) is 11.4 Å². The van der Waals surface area contributed by atoms with Gasteiger partial charge in [-0.05, 0) is 18.5 Å². The number of nitrogens with one attached hydrogen (secondary N) is 1. The van der Waals surface area contributed by atoms with Crippen molar-refractivity contribution in [2.24, 2.45) is 5.11 Å². The van der Waals surface area contributed by atoms with Gasteiger partial charge in [0.25, 0.3) is 0 Å². The van der Waals surface area contributed by atoms with Crippen molar-refractivity contribution >= 4 is 22.4 Å². The summed E-state index contributed by atoms with van der Waals surface area (Å²) in [6.07, 6.45) is 4.42. The van der Waals surface area contributed by atoms with Crippen LogP contribution < -0.4 is 5.32 Å². The van der Waals surface area contributed by atoms with Crippen molar-refractivity contribution in [3.05, 3.63) is 46.7 Å². The topological polar surface area (TPSA) is 152 Å². The molecule has 0 aliphatic heterocycles. The number of fused-ring (bicyclic) bond motifs is 1. The standard InChI is InChI=1S/C15H10N10/c1-9(4-16)22-12-3-14(19-8-13(12)23-24-18)25-15-11(7-21-25)2-10(5-17)6-20-15/h2-3,6-9H,1H3,(H,19,22). The fourth-order valence-electron chi connectivity index (χ4n) is 2.21. The van der Waals surface area contributed by atoms with Crippen molar-refractivity contribution in [1.82, 2.24) is 19.7 Å². The molecule has 10 nitrogen and oxygen atoms in total. The Morgan fingerprint density at radius 1 is 1.28 bits per heavy atom. The normalized spacial score (nSPS) is 11.2. The first-order chi connectivity index (χ1) is 12.2. The lowest BCUT2D eigenvalue weighted by Crippen LogP contribution is -2.13. The first-order valence-electron chi connectivity index (χ1n) is 7.12. The van der Waals surface area contributed by atoms with Gasteiger partial charge in [0, 0.05) is 28.8 Å². The summed E-state index contributed by atoms with van der Waals surface area (Å²) in [7, 11) is 0. The second kappa shape index (κ2) is 6.54. The third-order valence-electron chi connectivity index (χ3n) is 3.34. The molecule has 0 aromatic carbocycles. The molecule has 0 amide bonds. The average Bonchev–Trinajstić information content (AvgIpc) is 3.06. The highest BCUT2D eigenvalue weighted by Gasteiger charge is 2.12. The van der Waals surface area contributed by atoms with E-state index in [-0.39, 0.29) is 5.69 Å². The predicted molar refractivity (Wildman–Crippen MR) is 88.9 cm³/mol. The number of nitriles is 2. The molecule has 3 aromatic heterocycles. The number of anilines is 1. The van der Waals surface area contributed by atoms with E-state index in [9.17, 15) is 0 Å². The van der Waals surface area contributed by atoms with Crippen LogP contribution in [0.5, 0.6) is 0 Å². The van der Waals surface area contributed by atoms with Gasteiger partial charge in [-0.2, -0.15) is 20.3 Å². The van der Waals surface area contributed by atoms with Gasteiger partial charge in [0.05, 0.1) is 29.2 Å². The molecule has 1 unspecified atom stereocenters. The van der Waals surface area contributed by atoms with E-state index in [4.69, 9.17) is 16.1 Å². The molecule has 10 heteroatoms. The Bertz CT molecular complexity index is 1080. The third-order valence-corrected chi connectivity index (χ3v) is 3.34. The maximum Gasteiger partial charge on any atom is 0.164 e. The highest BCUT2D eigenvalue weighted by molar-refractivity contribution is 5.78. The summed E-state index contributed by atoms with van der Waals surface area (Å²) in [6, 6.07) is 6.87. The molecule has 3 rings (SSSR count). The number of hydrogen-bond acceptors (Lipinski definition) is 7. The van der Waals surface area contributed by atoms with Gasteiger partial charge in [-0.3, -0.25) is 0 Å². The lowest BCUT2D eigenvalue weighted by Gasteiger charge is -2.12. The molecule has 1 atom stereocenters. The van der Waals surface area contributed by atoms with Gasteiger partial charge in [-0.1, -0.05) is 5.11 Å². The van der Waals surface area contributed by atoms with Gasteiger partial charge >= 0.3 is 0 Å². The second-order valence-electron chi connectivity index (χ2n) is 5.05. The average molecular weight is 330 g/mol. The van der Waals surface area contributed by atoms with Crippen molar-refractivity contribution in [2.75, 3.05) is 5.32 Å². The fraction of sp³-hybridized carbons (Fsp3) is 0.133. The molecule has 0 aliphatic rings. The smallest absolute Gasteiger partial charge is 0.164 e. The molecular formula is C15H10N10. The lowest BCUT2D eigenvalue weighted by atomic mass is 10.2. The summed E-state index contributed by atoms with van der Waals surface area (Å²) in [5.41, 5.74) is 10.3. The summed E-state index contributed by atoms with van der Waals surface area (Å²) >= 11 is 0. The number of nitrogens with zero attached hydrogens (tertiary/aromatic N) is 9. The summed E-state index contributed by atoms with van der Waals surface area (Å²) in [5, 5.41) is 29.4. The Labute approximate surface area is 141 Å². The molecule has 3 heterocycles. The van der Waals surface area contributed by atoms with E-state index in [0.717, 1.165) is 0 Å². The van der Waals surface area contributed by atoms with Crippen molar-refractivity contribution in [2.45, 2.75) is 13.0 Å². The van der Waals surface area contributed by atoms with Crippen molar-refractivity contribution in [3.63, 3.8) is 0 Å². The van der Waals surface area contributed by atoms with Gasteiger partial charge in [0.15, 0.2) is 11.5 Å². The van der Waals surface area contributed by atoms with E-state index in [1.54, 1.807) is 25.3 Å². The highest BCUT2D eigenvalue weighted by Crippen LogP contribution is 2.27. The van der Waals surface area contributed by atoms with Gasteiger partial charge in [-0.15, -0.1) is 0 Å². The number of rotatable bonds is 4. The van der Waals surface area contributed by atoms with Gasteiger partial charge in [-0.25, -0.2) is 9.97 Å². The maximum absolute atomic E-state index is 8.98. The minimum atomic E-state index is -0.492. The van der Waals surface area contributed by atoms with E-state index >= 15 is 0 Å². The first-order valence-corrected chi connectivity index (χ1v) is 7.12.